The molecule has 3 heteroatoms. The van der Waals surface area contributed by atoms with Crippen LogP contribution in [0.15, 0.2) is 54.6 Å². The van der Waals surface area contributed by atoms with Gasteiger partial charge >= 0.3 is 0 Å². The van der Waals surface area contributed by atoms with Gasteiger partial charge in [-0.05, 0) is 41.7 Å². The fourth-order valence-electron chi connectivity index (χ4n) is 3.58. The van der Waals surface area contributed by atoms with Crippen LogP contribution >= 0.6 is 0 Å². The van der Waals surface area contributed by atoms with Crippen molar-refractivity contribution in [3.8, 4) is 0 Å². The highest BCUT2D eigenvalue weighted by molar-refractivity contribution is 5.60. The lowest BCUT2D eigenvalue weighted by Crippen LogP contribution is -2.29. The number of benzene rings is 2. The zero-order valence-electron chi connectivity index (χ0n) is 11.4. The SMILES string of the molecule is Fc1ccc([C@H]2Nc3c(F)cccc3[C@H]3C=CC[C@@H]32)cc1. The van der Waals surface area contributed by atoms with Crippen molar-refractivity contribution in [1.82, 2.24) is 0 Å². The van der Waals surface area contributed by atoms with Crippen LogP contribution in [0.5, 0.6) is 0 Å². The molecule has 0 aromatic heterocycles. The second-order valence-corrected chi connectivity index (χ2v) is 5.73. The monoisotopic (exact) mass is 283 g/mol. The number of hydrogen-bond donors (Lipinski definition) is 1. The zero-order chi connectivity index (χ0) is 14.4. The van der Waals surface area contributed by atoms with E-state index in [-0.39, 0.29) is 23.6 Å². The Kier molecular flexibility index (Phi) is 2.81. The Morgan fingerprint density at radius 1 is 1.00 bits per heavy atom. The van der Waals surface area contributed by atoms with E-state index < -0.39 is 0 Å². The Balaban J connectivity index is 1.81. The van der Waals surface area contributed by atoms with E-state index in [9.17, 15) is 8.78 Å². The van der Waals surface area contributed by atoms with Crippen molar-refractivity contribution in [2.24, 2.45) is 5.92 Å². The highest BCUT2D eigenvalue weighted by Gasteiger charge is 2.38. The molecule has 0 spiro atoms. The van der Waals surface area contributed by atoms with Crippen molar-refractivity contribution >= 4 is 5.69 Å². The van der Waals surface area contributed by atoms with Crippen LogP contribution in [-0.2, 0) is 0 Å². The van der Waals surface area contributed by atoms with E-state index >= 15 is 0 Å². The van der Waals surface area contributed by atoms with E-state index in [1.165, 1.54) is 18.2 Å². The van der Waals surface area contributed by atoms with E-state index in [0.29, 0.717) is 11.6 Å². The highest BCUT2D eigenvalue weighted by atomic mass is 19.1. The number of para-hydroxylation sites is 1. The molecule has 4 rings (SSSR count). The predicted octanol–water partition coefficient (Wildman–Crippen LogP) is 4.79. The van der Waals surface area contributed by atoms with Crippen LogP contribution in [0.3, 0.4) is 0 Å². The molecular weight excluding hydrogens is 268 g/mol. The minimum absolute atomic E-state index is 0.00926. The molecule has 1 nitrogen and oxygen atoms in total. The van der Waals surface area contributed by atoms with Crippen LogP contribution < -0.4 is 5.32 Å². The highest BCUT2D eigenvalue weighted by Crippen LogP contribution is 2.50. The Morgan fingerprint density at radius 3 is 2.62 bits per heavy atom. The molecule has 3 atom stereocenters. The number of fused-ring (bicyclic) bond motifs is 3. The average molecular weight is 283 g/mol. The lowest BCUT2D eigenvalue weighted by molar-refractivity contribution is 0.420. The number of nitrogens with one attached hydrogen (secondary N) is 1. The van der Waals surface area contributed by atoms with E-state index in [1.54, 1.807) is 18.2 Å². The fourth-order valence-corrected chi connectivity index (χ4v) is 3.58. The molecule has 0 saturated heterocycles. The first-order valence-electron chi connectivity index (χ1n) is 7.21. The van der Waals surface area contributed by atoms with Gasteiger partial charge in [-0.2, -0.15) is 0 Å². The minimum atomic E-state index is -0.248. The third-order valence-electron chi connectivity index (χ3n) is 4.58. The van der Waals surface area contributed by atoms with Gasteiger partial charge in [-0.1, -0.05) is 36.4 Å². The van der Waals surface area contributed by atoms with Crippen molar-refractivity contribution in [1.29, 1.82) is 0 Å². The van der Waals surface area contributed by atoms with Crippen LogP contribution in [0, 0.1) is 17.6 Å². The summed E-state index contributed by atoms with van der Waals surface area (Å²) in [7, 11) is 0. The van der Waals surface area contributed by atoms with Gasteiger partial charge in [0.2, 0.25) is 0 Å². The first-order chi connectivity index (χ1) is 10.2. The Bertz CT molecular complexity index is 706. The van der Waals surface area contributed by atoms with Crippen LogP contribution in [-0.4, -0.2) is 0 Å². The van der Waals surface area contributed by atoms with Gasteiger partial charge in [0.05, 0.1) is 11.7 Å². The molecule has 2 aliphatic rings. The lowest BCUT2D eigenvalue weighted by Gasteiger charge is -2.37. The minimum Gasteiger partial charge on any atom is -0.375 e. The quantitative estimate of drug-likeness (QED) is 0.742. The van der Waals surface area contributed by atoms with Gasteiger partial charge in [0, 0.05) is 5.92 Å². The molecule has 0 bridgehead atoms. The second-order valence-electron chi connectivity index (χ2n) is 5.73. The third kappa shape index (κ3) is 1.96. The summed E-state index contributed by atoms with van der Waals surface area (Å²) in [6.45, 7) is 0. The molecule has 0 fully saturated rings. The molecule has 1 heterocycles. The summed E-state index contributed by atoms with van der Waals surface area (Å²) in [5, 5.41) is 3.33. The smallest absolute Gasteiger partial charge is 0.146 e. The van der Waals surface area contributed by atoms with Crippen LogP contribution in [0.25, 0.3) is 0 Å². The maximum Gasteiger partial charge on any atom is 0.146 e. The summed E-state index contributed by atoms with van der Waals surface area (Å²) in [5.41, 5.74) is 2.61. The fraction of sp³-hybridized carbons (Fsp3) is 0.222. The van der Waals surface area contributed by atoms with E-state index in [2.05, 4.69) is 17.5 Å². The Morgan fingerprint density at radius 2 is 1.81 bits per heavy atom. The molecule has 0 unspecified atom stereocenters. The maximum absolute atomic E-state index is 14.1. The van der Waals surface area contributed by atoms with Crippen molar-refractivity contribution < 1.29 is 8.78 Å². The first-order valence-corrected chi connectivity index (χ1v) is 7.21. The van der Waals surface area contributed by atoms with Gasteiger partial charge in [0.1, 0.15) is 11.6 Å². The Hall–Kier alpha value is -2.16. The van der Waals surface area contributed by atoms with E-state index in [1.807, 2.05) is 6.07 Å². The van der Waals surface area contributed by atoms with Crippen LogP contribution in [0.2, 0.25) is 0 Å². The normalized spacial score (nSPS) is 26.1. The standard InChI is InChI=1S/C18H15F2N/c19-12-9-7-11(8-10-12)17-14-4-1-3-13(14)15-5-2-6-16(20)18(15)21-17/h1-3,5-10,13-14,17,21H,4H2/t13-,14-,17+/m0/s1. The van der Waals surface area contributed by atoms with Crippen LogP contribution in [0.4, 0.5) is 14.5 Å². The van der Waals surface area contributed by atoms with Crippen molar-refractivity contribution in [3.05, 3.63) is 77.4 Å². The summed E-state index contributed by atoms with van der Waals surface area (Å²) in [6, 6.07) is 11.7. The van der Waals surface area contributed by atoms with Gasteiger partial charge in [0.25, 0.3) is 0 Å². The maximum atomic E-state index is 14.1. The molecule has 1 aliphatic heterocycles. The number of allylic oxidation sites excluding steroid dienone is 2. The molecule has 21 heavy (non-hydrogen) atoms. The van der Waals surface area contributed by atoms with E-state index in [0.717, 1.165) is 17.5 Å². The average Bonchev–Trinajstić information content (AvgIpc) is 2.98. The van der Waals surface area contributed by atoms with E-state index in [4.69, 9.17) is 0 Å². The van der Waals surface area contributed by atoms with Gasteiger partial charge in [-0.3, -0.25) is 0 Å². The van der Waals surface area contributed by atoms with Crippen molar-refractivity contribution in [2.45, 2.75) is 18.4 Å². The first kappa shape index (κ1) is 12.6. The van der Waals surface area contributed by atoms with Gasteiger partial charge in [0.15, 0.2) is 0 Å². The zero-order valence-corrected chi connectivity index (χ0v) is 11.4. The molecule has 1 aliphatic carbocycles. The molecule has 0 saturated carbocycles. The predicted molar refractivity (Wildman–Crippen MR) is 79.2 cm³/mol. The summed E-state index contributed by atoms with van der Waals surface area (Å²) in [4.78, 5) is 0. The molecule has 106 valence electrons. The molecule has 0 amide bonds. The summed E-state index contributed by atoms with van der Waals surface area (Å²) >= 11 is 0. The molecular formula is C18H15F2N. The molecule has 2 aromatic carbocycles. The topological polar surface area (TPSA) is 12.0 Å². The number of halogens is 2. The van der Waals surface area contributed by atoms with Gasteiger partial charge < -0.3 is 5.32 Å². The summed E-state index contributed by atoms with van der Waals surface area (Å²) in [5.74, 6) is 0.109. The van der Waals surface area contributed by atoms with Gasteiger partial charge in [-0.15, -0.1) is 0 Å². The van der Waals surface area contributed by atoms with Crippen LogP contribution in [0.1, 0.15) is 29.5 Å². The third-order valence-corrected chi connectivity index (χ3v) is 4.58. The lowest BCUT2D eigenvalue weighted by atomic mass is 9.77. The number of anilines is 1. The molecule has 1 N–H and O–H groups in total. The summed E-state index contributed by atoms with van der Waals surface area (Å²) in [6.07, 6.45) is 5.28. The number of hydrogen-bond acceptors (Lipinski definition) is 1. The molecule has 0 radical (unpaired) electrons. The van der Waals surface area contributed by atoms with Crippen molar-refractivity contribution in [2.75, 3.05) is 5.32 Å². The number of rotatable bonds is 1. The largest absolute Gasteiger partial charge is 0.375 e. The van der Waals surface area contributed by atoms with Crippen molar-refractivity contribution in [3.63, 3.8) is 0 Å². The van der Waals surface area contributed by atoms with Gasteiger partial charge in [-0.25, -0.2) is 8.78 Å². The second kappa shape index (κ2) is 4.69. The molecule has 2 aromatic rings. The summed E-state index contributed by atoms with van der Waals surface area (Å²) < 4.78 is 27.3. The Labute approximate surface area is 122 Å².